The molecule has 2 aliphatic rings. The summed E-state index contributed by atoms with van der Waals surface area (Å²) < 4.78 is 0.794. The molecule has 144 valence electrons. The van der Waals surface area contributed by atoms with Gasteiger partial charge in [-0.2, -0.15) is 0 Å². The fourth-order valence-electron chi connectivity index (χ4n) is 3.76. The van der Waals surface area contributed by atoms with Gasteiger partial charge in [0.15, 0.2) is 0 Å². The standard InChI is InChI=1S/C20H19BrN4O3/c21-12-8-9-22-17(10-12)24-20(28)23-13-6-7-15-16(11-13)19(27)25(18(15)26)14-4-2-1-3-5-14/h6-11,14H,1-5H2,(H2,22,23,24,28). The Morgan fingerprint density at radius 2 is 1.75 bits per heavy atom. The van der Waals surface area contributed by atoms with Gasteiger partial charge in [0.2, 0.25) is 0 Å². The van der Waals surface area contributed by atoms with Crippen molar-refractivity contribution in [1.29, 1.82) is 0 Å². The second-order valence-electron chi connectivity index (χ2n) is 6.97. The molecule has 7 nitrogen and oxygen atoms in total. The molecule has 1 saturated carbocycles. The number of halogens is 1. The molecule has 0 bridgehead atoms. The van der Waals surface area contributed by atoms with E-state index in [2.05, 4.69) is 31.5 Å². The fourth-order valence-corrected chi connectivity index (χ4v) is 4.09. The van der Waals surface area contributed by atoms with E-state index in [9.17, 15) is 14.4 Å². The van der Waals surface area contributed by atoms with Crippen molar-refractivity contribution in [3.05, 3.63) is 52.1 Å². The molecule has 28 heavy (non-hydrogen) atoms. The van der Waals surface area contributed by atoms with Crippen molar-refractivity contribution in [2.75, 3.05) is 10.6 Å². The minimum atomic E-state index is -0.480. The molecule has 2 heterocycles. The van der Waals surface area contributed by atoms with E-state index >= 15 is 0 Å². The lowest BCUT2D eigenvalue weighted by Crippen LogP contribution is -2.40. The number of hydrogen-bond donors (Lipinski definition) is 2. The average molecular weight is 443 g/mol. The van der Waals surface area contributed by atoms with E-state index in [0.717, 1.165) is 36.6 Å². The molecule has 0 atom stereocenters. The van der Waals surface area contributed by atoms with Gasteiger partial charge in [0.05, 0.1) is 11.1 Å². The Kier molecular flexibility index (Phi) is 5.13. The van der Waals surface area contributed by atoms with Crippen molar-refractivity contribution >= 4 is 45.3 Å². The number of anilines is 2. The third kappa shape index (κ3) is 3.64. The average Bonchev–Trinajstić information content (AvgIpc) is 2.92. The molecule has 0 spiro atoms. The zero-order valence-electron chi connectivity index (χ0n) is 15.1. The van der Waals surface area contributed by atoms with Gasteiger partial charge in [0.25, 0.3) is 11.8 Å². The zero-order valence-corrected chi connectivity index (χ0v) is 16.7. The summed E-state index contributed by atoms with van der Waals surface area (Å²) in [4.78, 5) is 43.2. The van der Waals surface area contributed by atoms with Crippen LogP contribution < -0.4 is 10.6 Å². The second kappa shape index (κ2) is 7.71. The van der Waals surface area contributed by atoms with Crippen LogP contribution in [-0.2, 0) is 0 Å². The lowest BCUT2D eigenvalue weighted by atomic mass is 9.94. The van der Waals surface area contributed by atoms with Crippen LogP contribution in [0.15, 0.2) is 41.0 Å². The number of benzene rings is 1. The summed E-state index contributed by atoms with van der Waals surface area (Å²) in [7, 11) is 0. The highest BCUT2D eigenvalue weighted by Gasteiger charge is 2.40. The predicted octanol–water partition coefficient (Wildman–Crippen LogP) is 4.42. The van der Waals surface area contributed by atoms with Crippen LogP contribution in [0.1, 0.15) is 52.8 Å². The lowest BCUT2D eigenvalue weighted by molar-refractivity contribution is 0.0549. The van der Waals surface area contributed by atoms with E-state index in [-0.39, 0.29) is 17.9 Å². The van der Waals surface area contributed by atoms with Gasteiger partial charge in [-0.15, -0.1) is 0 Å². The van der Waals surface area contributed by atoms with Crippen LogP contribution in [0.3, 0.4) is 0 Å². The van der Waals surface area contributed by atoms with E-state index in [1.807, 2.05) is 0 Å². The number of amides is 4. The molecule has 0 radical (unpaired) electrons. The normalized spacial score (nSPS) is 16.8. The van der Waals surface area contributed by atoms with Crippen LogP contribution in [-0.4, -0.2) is 33.8 Å². The smallest absolute Gasteiger partial charge is 0.308 e. The van der Waals surface area contributed by atoms with Gasteiger partial charge in [-0.1, -0.05) is 35.2 Å². The number of rotatable bonds is 3. The molecule has 2 N–H and O–H groups in total. The Morgan fingerprint density at radius 3 is 2.50 bits per heavy atom. The summed E-state index contributed by atoms with van der Waals surface area (Å²) >= 11 is 3.32. The molecule has 0 unspecified atom stereocenters. The number of aromatic nitrogens is 1. The monoisotopic (exact) mass is 442 g/mol. The first kappa shape index (κ1) is 18.6. The molecule has 1 fully saturated rings. The lowest BCUT2D eigenvalue weighted by Gasteiger charge is -2.29. The SMILES string of the molecule is O=C(Nc1ccc2c(c1)C(=O)N(C1CCCCC1)C2=O)Nc1cc(Br)ccn1. The fraction of sp³-hybridized carbons (Fsp3) is 0.300. The number of urea groups is 1. The van der Waals surface area contributed by atoms with Crippen molar-refractivity contribution < 1.29 is 14.4 Å². The van der Waals surface area contributed by atoms with Crippen molar-refractivity contribution in [1.82, 2.24) is 9.88 Å². The van der Waals surface area contributed by atoms with Gasteiger partial charge in [0, 0.05) is 22.4 Å². The van der Waals surface area contributed by atoms with E-state index in [1.165, 1.54) is 4.90 Å². The molecule has 2 aromatic rings. The second-order valence-corrected chi connectivity index (χ2v) is 7.89. The molecule has 8 heteroatoms. The summed E-state index contributed by atoms with van der Waals surface area (Å²) in [5.41, 5.74) is 1.18. The summed E-state index contributed by atoms with van der Waals surface area (Å²) in [6.07, 6.45) is 6.51. The first-order valence-electron chi connectivity index (χ1n) is 9.24. The molecule has 4 amide bonds. The highest BCUT2D eigenvalue weighted by molar-refractivity contribution is 9.10. The molecule has 1 aromatic heterocycles. The number of imide groups is 1. The largest absolute Gasteiger partial charge is 0.324 e. The third-order valence-corrected chi connectivity index (χ3v) is 5.57. The van der Waals surface area contributed by atoms with Crippen LogP contribution in [0.2, 0.25) is 0 Å². The van der Waals surface area contributed by atoms with E-state index in [4.69, 9.17) is 0 Å². The summed E-state index contributed by atoms with van der Waals surface area (Å²) in [6, 6.07) is 7.71. The third-order valence-electron chi connectivity index (χ3n) is 5.08. The van der Waals surface area contributed by atoms with E-state index < -0.39 is 6.03 Å². The van der Waals surface area contributed by atoms with Crippen molar-refractivity contribution in [3.8, 4) is 0 Å². The highest BCUT2D eigenvalue weighted by atomic mass is 79.9. The summed E-state index contributed by atoms with van der Waals surface area (Å²) in [6.45, 7) is 0. The Balaban J connectivity index is 1.49. The molecular weight excluding hydrogens is 424 g/mol. The summed E-state index contributed by atoms with van der Waals surface area (Å²) in [5, 5.41) is 5.31. The van der Waals surface area contributed by atoms with E-state index in [1.54, 1.807) is 36.5 Å². The van der Waals surface area contributed by atoms with Gasteiger partial charge in [-0.3, -0.25) is 19.8 Å². The number of carbonyl (C=O) groups excluding carboxylic acids is 3. The topological polar surface area (TPSA) is 91.4 Å². The quantitative estimate of drug-likeness (QED) is 0.688. The Bertz CT molecular complexity index is 956. The number of fused-ring (bicyclic) bond motifs is 1. The van der Waals surface area contributed by atoms with Crippen molar-refractivity contribution in [2.45, 2.75) is 38.1 Å². The number of hydrogen-bond acceptors (Lipinski definition) is 4. The molecule has 0 saturated heterocycles. The predicted molar refractivity (Wildman–Crippen MR) is 108 cm³/mol. The van der Waals surface area contributed by atoms with Crippen LogP contribution in [0, 0.1) is 0 Å². The minimum Gasteiger partial charge on any atom is -0.308 e. The number of carbonyl (C=O) groups is 3. The van der Waals surface area contributed by atoms with Gasteiger partial charge < -0.3 is 5.32 Å². The summed E-state index contributed by atoms with van der Waals surface area (Å²) in [5.74, 6) is -0.117. The molecule has 1 aliphatic carbocycles. The highest BCUT2D eigenvalue weighted by Crippen LogP contribution is 2.32. The first-order valence-corrected chi connectivity index (χ1v) is 10.0. The minimum absolute atomic E-state index is 0.0246. The molecule has 1 aliphatic heterocycles. The van der Waals surface area contributed by atoms with Crippen LogP contribution in [0.4, 0.5) is 16.3 Å². The van der Waals surface area contributed by atoms with Crippen LogP contribution >= 0.6 is 15.9 Å². The Morgan fingerprint density at radius 1 is 1.00 bits per heavy atom. The molecular formula is C20H19BrN4O3. The first-order chi connectivity index (χ1) is 13.5. The van der Waals surface area contributed by atoms with Gasteiger partial charge in [-0.25, -0.2) is 9.78 Å². The Labute approximate surface area is 170 Å². The van der Waals surface area contributed by atoms with Gasteiger partial charge >= 0.3 is 6.03 Å². The molecule has 4 rings (SSSR count). The number of nitrogens with one attached hydrogen (secondary N) is 2. The van der Waals surface area contributed by atoms with E-state index in [0.29, 0.717) is 22.6 Å². The van der Waals surface area contributed by atoms with Crippen molar-refractivity contribution in [3.63, 3.8) is 0 Å². The Hall–Kier alpha value is -2.74. The van der Waals surface area contributed by atoms with Crippen LogP contribution in [0.5, 0.6) is 0 Å². The molecule has 1 aromatic carbocycles. The maximum Gasteiger partial charge on any atom is 0.324 e. The van der Waals surface area contributed by atoms with Gasteiger partial charge in [0.1, 0.15) is 5.82 Å². The zero-order chi connectivity index (χ0) is 19.7. The van der Waals surface area contributed by atoms with Crippen molar-refractivity contribution in [2.24, 2.45) is 0 Å². The number of pyridine rings is 1. The van der Waals surface area contributed by atoms with Crippen LogP contribution in [0.25, 0.3) is 0 Å². The number of nitrogens with zero attached hydrogens (tertiary/aromatic N) is 2. The maximum absolute atomic E-state index is 12.8. The van der Waals surface area contributed by atoms with Gasteiger partial charge in [-0.05, 0) is 43.2 Å². The maximum atomic E-state index is 12.8.